The Bertz CT molecular complexity index is 1040. The number of aryl methyl sites for hydroxylation is 1. The number of ether oxygens (including phenoxy) is 1. The van der Waals surface area contributed by atoms with Gasteiger partial charge in [-0.05, 0) is 55.5 Å². The van der Waals surface area contributed by atoms with Crippen molar-refractivity contribution >= 4 is 34.3 Å². The summed E-state index contributed by atoms with van der Waals surface area (Å²) in [4.78, 5) is 11.1. The Morgan fingerprint density at radius 3 is 2.67 bits per heavy atom. The summed E-state index contributed by atoms with van der Waals surface area (Å²) in [6, 6.07) is 11.9. The molecule has 0 N–H and O–H groups in total. The number of alkyl halides is 2. The maximum absolute atomic E-state index is 12.4. The van der Waals surface area contributed by atoms with Gasteiger partial charge >= 0.3 is 6.61 Å². The van der Waals surface area contributed by atoms with Gasteiger partial charge in [0, 0.05) is 23.5 Å². The molecule has 0 aliphatic carbocycles. The summed E-state index contributed by atoms with van der Waals surface area (Å²) >= 11 is 6.17. The van der Waals surface area contributed by atoms with Crippen molar-refractivity contribution in [2.75, 3.05) is 11.4 Å². The molecule has 0 atom stereocenters. The lowest BCUT2D eigenvalue weighted by Crippen LogP contribution is -2.38. The summed E-state index contributed by atoms with van der Waals surface area (Å²) in [5.41, 5.74) is 2.45. The lowest BCUT2D eigenvalue weighted by Gasteiger charge is -2.28. The standard InChI is InChI=1S/C19H15ClF2N4O/c1-12-24-16-8-3-13(20)11-17(16)26(12)19-23-9-2-10-25(19)14-4-6-15(7-5-14)27-18(21)22/h2-9,11,18H,10H2,1H3. The lowest BCUT2D eigenvalue weighted by molar-refractivity contribution is -0.0498. The lowest BCUT2D eigenvalue weighted by atomic mass is 10.2. The Labute approximate surface area is 159 Å². The topological polar surface area (TPSA) is 42.7 Å². The Morgan fingerprint density at radius 2 is 1.93 bits per heavy atom. The van der Waals surface area contributed by atoms with Crippen molar-refractivity contribution in [1.29, 1.82) is 0 Å². The van der Waals surface area contributed by atoms with Crippen LogP contribution in [0.4, 0.5) is 14.5 Å². The monoisotopic (exact) mass is 388 g/mol. The third-order valence-electron chi connectivity index (χ3n) is 4.18. The first kappa shape index (κ1) is 17.5. The summed E-state index contributed by atoms with van der Waals surface area (Å²) in [5.74, 6) is 1.53. The summed E-state index contributed by atoms with van der Waals surface area (Å²) in [7, 11) is 0. The van der Waals surface area contributed by atoms with E-state index in [0.717, 1.165) is 22.5 Å². The number of nitrogens with zero attached hydrogens (tertiary/aromatic N) is 4. The summed E-state index contributed by atoms with van der Waals surface area (Å²) in [6.45, 7) is -0.379. The van der Waals surface area contributed by atoms with Crippen molar-refractivity contribution < 1.29 is 13.5 Å². The van der Waals surface area contributed by atoms with Crippen LogP contribution < -0.4 is 9.64 Å². The molecule has 2 aromatic carbocycles. The van der Waals surface area contributed by atoms with Crippen LogP contribution >= 0.6 is 11.6 Å². The van der Waals surface area contributed by atoms with E-state index in [2.05, 4.69) is 14.7 Å². The van der Waals surface area contributed by atoms with Crippen molar-refractivity contribution in [2.45, 2.75) is 13.5 Å². The average Bonchev–Trinajstić information content (AvgIpc) is 2.97. The third kappa shape index (κ3) is 3.38. The van der Waals surface area contributed by atoms with Gasteiger partial charge in [-0.2, -0.15) is 8.78 Å². The molecule has 1 aliphatic heterocycles. The molecule has 0 bridgehead atoms. The number of halogens is 3. The van der Waals surface area contributed by atoms with Crippen molar-refractivity contribution in [2.24, 2.45) is 4.99 Å². The minimum absolute atomic E-state index is 0.107. The van der Waals surface area contributed by atoms with E-state index in [1.807, 2.05) is 34.6 Å². The van der Waals surface area contributed by atoms with Crippen molar-refractivity contribution in [3.8, 4) is 5.75 Å². The number of hydrogen-bond acceptors (Lipinski definition) is 4. The molecule has 0 unspecified atom stereocenters. The number of benzene rings is 2. The van der Waals surface area contributed by atoms with E-state index in [9.17, 15) is 8.78 Å². The van der Waals surface area contributed by atoms with E-state index in [-0.39, 0.29) is 5.75 Å². The van der Waals surface area contributed by atoms with E-state index < -0.39 is 6.61 Å². The summed E-state index contributed by atoms with van der Waals surface area (Å²) < 4.78 is 31.1. The predicted molar refractivity (Wildman–Crippen MR) is 102 cm³/mol. The molecular formula is C19H15ClF2N4O. The highest BCUT2D eigenvalue weighted by Gasteiger charge is 2.21. The van der Waals surface area contributed by atoms with Gasteiger partial charge in [0.05, 0.1) is 11.0 Å². The van der Waals surface area contributed by atoms with E-state index >= 15 is 0 Å². The zero-order valence-corrected chi connectivity index (χ0v) is 15.1. The van der Waals surface area contributed by atoms with Gasteiger partial charge in [0.25, 0.3) is 0 Å². The van der Waals surface area contributed by atoms with Gasteiger partial charge in [0.2, 0.25) is 5.96 Å². The molecule has 0 radical (unpaired) electrons. The van der Waals surface area contributed by atoms with Crippen LogP contribution in [-0.2, 0) is 0 Å². The predicted octanol–water partition coefficient (Wildman–Crippen LogP) is 4.84. The maximum Gasteiger partial charge on any atom is 0.387 e. The van der Waals surface area contributed by atoms with Crippen molar-refractivity contribution in [3.05, 3.63) is 65.6 Å². The first-order valence-corrected chi connectivity index (χ1v) is 8.61. The average molecular weight is 389 g/mol. The smallest absolute Gasteiger partial charge is 0.387 e. The molecule has 5 nitrogen and oxygen atoms in total. The number of fused-ring (bicyclic) bond motifs is 1. The minimum atomic E-state index is -2.85. The van der Waals surface area contributed by atoms with Crippen LogP contribution in [0.3, 0.4) is 0 Å². The van der Waals surface area contributed by atoms with Gasteiger partial charge in [0.15, 0.2) is 0 Å². The number of hydrogen-bond donors (Lipinski definition) is 0. The van der Waals surface area contributed by atoms with Crippen LogP contribution in [-0.4, -0.2) is 28.7 Å². The van der Waals surface area contributed by atoms with Gasteiger partial charge in [0.1, 0.15) is 11.6 Å². The SMILES string of the molecule is Cc1nc2ccc(Cl)cc2n1C1=NC=CCN1c1ccc(OC(F)F)cc1. The van der Waals surface area contributed by atoms with E-state index in [4.69, 9.17) is 11.6 Å². The Hall–Kier alpha value is -2.93. The second-order valence-corrected chi connectivity index (χ2v) is 6.36. The summed E-state index contributed by atoms with van der Waals surface area (Å²) in [5, 5.41) is 0.607. The maximum atomic E-state index is 12.4. The largest absolute Gasteiger partial charge is 0.435 e. The third-order valence-corrected chi connectivity index (χ3v) is 4.42. The Kier molecular flexibility index (Phi) is 4.53. The fraction of sp³-hybridized carbons (Fsp3) is 0.158. The highest BCUT2D eigenvalue weighted by molar-refractivity contribution is 6.31. The molecule has 0 amide bonds. The van der Waals surface area contributed by atoms with Gasteiger partial charge in [-0.3, -0.25) is 4.57 Å². The normalized spacial score (nSPS) is 14.1. The van der Waals surface area contributed by atoms with Crippen molar-refractivity contribution in [1.82, 2.24) is 9.55 Å². The Balaban J connectivity index is 1.76. The molecule has 0 fully saturated rings. The number of aromatic nitrogens is 2. The van der Waals surface area contributed by atoms with Gasteiger partial charge < -0.3 is 9.64 Å². The van der Waals surface area contributed by atoms with E-state index in [1.165, 1.54) is 12.1 Å². The van der Waals surface area contributed by atoms with Gasteiger partial charge in [-0.1, -0.05) is 11.6 Å². The fourth-order valence-corrected chi connectivity index (χ4v) is 3.22. The molecule has 0 saturated heterocycles. The van der Waals surface area contributed by atoms with Crippen LogP contribution in [0.2, 0.25) is 5.02 Å². The first-order chi connectivity index (χ1) is 13.0. The number of anilines is 1. The molecule has 1 aliphatic rings. The molecule has 0 spiro atoms. The molecule has 27 heavy (non-hydrogen) atoms. The second-order valence-electron chi connectivity index (χ2n) is 5.92. The zero-order valence-electron chi connectivity index (χ0n) is 14.3. The van der Waals surface area contributed by atoms with E-state index in [1.54, 1.807) is 24.4 Å². The van der Waals surface area contributed by atoms with Crippen LogP contribution in [0.5, 0.6) is 5.75 Å². The van der Waals surface area contributed by atoms with Crippen LogP contribution in [0.25, 0.3) is 11.0 Å². The van der Waals surface area contributed by atoms with Gasteiger partial charge in [-0.15, -0.1) is 0 Å². The molecular weight excluding hydrogens is 374 g/mol. The minimum Gasteiger partial charge on any atom is -0.435 e. The molecule has 4 rings (SSSR count). The zero-order chi connectivity index (χ0) is 19.0. The quantitative estimate of drug-likeness (QED) is 0.645. The molecule has 0 saturated carbocycles. The van der Waals surface area contributed by atoms with Gasteiger partial charge in [-0.25, -0.2) is 9.98 Å². The summed E-state index contributed by atoms with van der Waals surface area (Å²) in [6.07, 6.45) is 3.64. The molecule has 138 valence electrons. The van der Waals surface area contributed by atoms with Crippen LogP contribution in [0.1, 0.15) is 5.82 Å². The van der Waals surface area contributed by atoms with Crippen LogP contribution in [0.15, 0.2) is 59.7 Å². The number of rotatable bonds is 3. The Morgan fingerprint density at radius 1 is 1.15 bits per heavy atom. The second kappa shape index (κ2) is 7.00. The van der Waals surface area contributed by atoms with Crippen molar-refractivity contribution in [3.63, 3.8) is 0 Å². The van der Waals surface area contributed by atoms with Crippen LogP contribution in [0, 0.1) is 6.92 Å². The number of aliphatic imine (C=N–C) groups is 1. The highest BCUT2D eigenvalue weighted by atomic mass is 35.5. The molecule has 2 heterocycles. The van der Waals surface area contributed by atoms with E-state index in [0.29, 0.717) is 17.5 Å². The molecule has 1 aromatic heterocycles. The first-order valence-electron chi connectivity index (χ1n) is 8.23. The highest BCUT2D eigenvalue weighted by Crippen LogP contribution is 2.26. The molecule has 3 aromatic rings. The fourth-order valence-electron chi connectivity index (χ4n) is 3.05. The number of imidazole rings is 1. The molecule has 8 heteroatoms.